The van der Waals surface area contributed by atoms with Gasteiger partial charge < -0.3 is 9.84 Å². The van der Waals surface area contributed by atoms with E-state index < -0.39 is 12.8 Å². The molecule has 0 aliphatic heterocycles. The van der Waals surface area contributed by atoms with Gasteiger partial charge in [-0.15, -0.1) is 0 Å². The van der Waals surface area contributed by atoms with E-state index in [1.165, 1.54) is 0 Å². The second kappa shape index (κ2) is 7.95. The average molecular weight is 164 g/mol. The molecule has 0 radical (unpaired) electrons. The number of aliphatic hydroxyl groups is 1. The third-order valence-corrected chi connectivity index (χ3v) is 1.38. The predicted molar refractivity (Wildman–Crippen MR) is 42.3 cm³/mol. The predicted octanol–water partition coefficient (Wildman–Crippen LogP) is 1.52. The molecule has 68 valence electrons. The summed E-state index contributed by atoms with van der Waals surface area (Å²) in [6.45, 7) is 2.15. The van der Waals surface area contributed by atoms with E-state index in [0.29, 0.717) is 6.61 Å². The van der Waals surface area contributed by atoms with E-state index in [1.807, 2.05) is 0 Å². The lowest BCUT2D eigenvalue weighted by molar-refractivity contribution is 0.0229. The SMILES string of the molecule is CCCCCOC[C@@H](O)CF. The van der Waals surface area contributed by atoms with Crippen LogP contribution in [0.5, 0.6) is 0 Å². The van der Waals surface area contributed by atoms with Gasteiger partial charge in [0.2, 0.25) is 0 Å². The summed E-state index contributed by atoms with van der Waals surface area (Å²) in [6, 6.07) is 0. The van der Waals surface area contributed by atoms with Gasteiger partial charge in [-0.1, -0.05) is 19.8 Å². The molecule has 0 amide bonds. The monoisotopic (exact) mass is 164 g/mol. The van der Waals surface area contributed by atoms with E-state index in [2.05, 4.69) is 6.92 Å². The van der Waals surface area contributed by atoms with E-state index in [1.54, 1.807) is 0 Å². The number of hydrogen-bond acceptors (Lipinski definition) is 2. The molecule has 0 spiro atoms. The van der Waals surface area contributed by atoms with Gasteiger partial charge in [0, 0.05) is 6.61 Å². The van der Waals surface area contributed by atoms with Gasteiger partial charge in [0.25, 0.3) is 0 Å². The van der Waals surface area contributed by atoms with Crippen LogP contribution >= 0.6 is 0 Å². The van der Waals surface area contributed by atoms with Crippen LogP contribution in [-0.4, -0.2) is 31.1 Å². The molecule has 0 bridgehead atoms. The zero-order chi connectivity index (χ0) is 8.53. The molecule has 0 rings (SSSR count). The van der Waals surface area contributed by atoms with Gasteiger partial charge in [-0.3, -0.25) is 0 Å². The van der Waals surface area contributed by atoms with Crippen molar-refractivity contribution in [2.45, 2.75) is 32.3 Å². The molecule has 3 heteroatoms. The van der Waals surface area contributed by atoms with Crippen LogP contribution in [0.15, 0.2) is 0 Å². The third kappa shape index (κ3) is 7.75. The van der Waals surface area contributed by atoms with Gasteiger partial charge in [-0.05, 0) is 6.42 Å². The van der Waals surface area contributed by atoms with Crippen LogP contribution < -0.4 is 0 Å². The van der Waals surface area contributed by atoms with Crippen LogP contribution in [0.25, 0.3) is 0 Å². The first-order valence-corrected chi connectivity index (χ1v) is 4.13. The highest BCUT2D eigenvalue weighted by Gasteiger charge is 2.01. The van der Waals surface area contributed by atoms with Crippen molar-refractivity contribution in [3.05, 3.63) is 0 Å². The lowest BCUT2D eigenvalue weighted by atomic mass is 10.3. The minimum absolute atomic E-state index is 0.125. The number of unbranched alkanes of at least 4 members (excludes halogenated alkanes) is 2. The fraction of sp³-hybridized carbons (Fsp3) is 1.00. The molecule has 0 aliphatic rings. The van der Waals surface area contributed by atoms with Gasteiger partial charge in [-0.25, -0.2) is 4.39 Å². The Hall–Kier alpha value is -0.150. The van der Waals surface area contributed by atoms with Crippen molar-refractivity contribution in [2.75, 3.05) is 19.9 Å². The van der Waals surface area contributed by atoms with Gasteiger partial charge in [0.1, 0.15) is 12.8 Å². The molecule has 0 aromatic rings. The fourth-order valence-corrected chi connectivity index (χ4v) is 0.718. The largest absolute Gasteiger partial charge is 0.388 e. The molecule has 0 saturated carbocycles. The summed E-state index contributed by atoms with van der Waals surface area (Å²) in [5.41, 5.74) is 0. The Morgan fingerprint density at radius 1 is 1.45 bits per heavy atom. The third-order valence-electron chi connectivity index (χ3n) is 1.38. The van der Waals surface area contributed by atoms with Crippen molar-refractivity contribution < 1.29 is 14.2 Å². The van der Waals surface area contributed by atoms with Gasteiger partial charge in [0.05, 0.1) is 6.61 Å². The Balaban J connectivity index is 2.89. The van der Waals surface area contributed by atoms with E-state index in [-0.39, 0.29) is 6.61 Å². The standard InChI is InChI=1S/C8H17FO2/c1-2-3-4-5-11-7-8(10)6-9/h8,10H,2-7H2,1H3/t8-/m0/s1. The number of halogens is 1. The second-order valence-corrected chi connectivity index (χ2v) is 2.59. The molecule has 0 heterocycles. The topological polar surface area (TPSA) is 29.5 Å². The number of ether oxygens (including phenoxy) is 1. The summed E-state index contributed by atoms with van der Waals surface area (Å²) in [5, 5.41) is 8.71. The van der Waals surface area contributed by atoms with E-state index in [0.717, 1.165) is 19.3 Å². The maximum Gasteiger partial charge on any atom is 0.118 e. The minimum Gasteiger partial charge on any atom is -0.388 e. The highest BCUT2D eigenvalue weighted by Crippen LogP contribution is 1.95. The van der Waals surface area contributed by atoms with Crippen molar-refractivity contribution in [1.29, 1.82) is 0 Å². The normalized spacial score (nSPS) is 13.4. The Morgan fingerprint density at radius 3 is 2.73 bits per heavy atom. The molecule has 1 N–H and O–H groups in total. The molecule has 0 saturated heterocycles. The lowest BCUT2D eigenvalue weighted by Gasteiger charge is -2.06. The Kier molecular flexibility index (Phi) is 7.84. The van der Waals surface area contributed by atoms with Crippen LogP contribution in [0.4, 0.5) is 4.39 Å². The van der Waals surface area contributed by atoms with Gasteiger partial charge >= 0.3 is 0 Å². The Morgan fingerprint density at radius 2 is 2.18 bits per heavy atom. The molecule has 0 aromatic heterocycles. The molecule has 11 heavy (non-hydrogen) atoms. The first kappa shape index (κ1) is 10.8. The average Bonchev–Trinajstić information content (AvgIpc) is 2.04. The Bertz CT molecular complexity index is 78.5. The molecule has 0 unspecified atom stereocenters. The van der Waals surface area contributed by atoms with Crippen molar-refractivity contribution in [2.24, 2.45) is 0 Å². The number of rotatable bonds is 7. The van der Waals surface area contributed by atoms with Gasteiger partial charge in [-0.2, -0.15) is 0 Å². The summed E-state index contributed by atoms with van der Waals surface area (Å²) in [6.07, 6.45) is 2.34. The maximum absolute atomic E-state index is 11.6. The van der Waals surface area contributed by atoms with Gasteiger partial charge in [0.15, 0.2) is 0 Å². The second-order valence-electron chi connectivity index (χ2n) is 2.59. The first-order chi connectivity index (χ1) is 5.31. The van der Waals surface area contributed by atoms with Crippen molar-refractivity contribution in [1.82, 2.24) is 0 Å². The lowest BCUT2D eigenvalue weighted by Crippen LogP contribution is -2.17. The quantitative estimate of drug-likeness (QED) is 0.578. The summed E-state index contributed by atoms with van der Waals surface area (Å²) < 4.78 is 16.6. The number of aliphatic hydroxyl groups excluding tert-OH is 1. The smallest absolute Gasteiger partial charge is 0.118 e. The summed E-state index contributed by atoms with van der Waals surface area (Å²) in [4.78, 5) is 0. The zero-order valence-corrected chi connectivity index (χ0v) is 7.05. The molecule has 0 fully saturated rings. The van der Waals surface area contributed by atoms with Crippen LogP contribution in [0.1, 0.15) is 26.2 Å². The molecular formula is C8H17FO2. The van der Waals surface area contributed by atoms with Crippen LogP contribution in [0, 0.1) is 0 Å². The maximum atomic E-state index is 11.6. The number of alkyl halides is 1. The highest BCUT2D eigenvalue weighted by molar-refractivity contribution is 4.48. The molecule has 0 aliphatic carbocycles. The first-order valence-electron chi connectivity index (χ1n) is 4.13. The van der Waals surface area contributed by atoms with Crippen molar-refractivity contribution in [3.63, 3.8) is 0 Å². The summed E-state index contributed by atoms with van der Waals surface area (Å²) >= 11 is 0. The van der Waals surface area contributed by atoms with E-state index in [9.17, 15) is 4.39 Å². The van der Waals surface area contributed by atoms with Crippen molar-refractivity contribution in [3.8, 4) is 0 Å². The zero-order valence-electron chi connectivity index (χ0n) is 7.05. The highest BCUT2D eigenvalue weighted by atomic mass is 19.1. The molecule has 0 aromatic carbocycles. The molecule has 2 nitrogen and oxygen atoms in total. The van der Waals surface area contributed by atoms with Crippen LogP contribution in [-0.2, 0) is 4.74 Å². The van der Waals surface area contributed by atoms with E-state index in [4.69, 9.17) is 9.84 Å². The molecule has 1 atom stereocenters. The Labute approximate surface area is 67.4 Å². The van der Waals surface area contributed by atoms with Crippen LogP contribution in [0.3, 0.4) is 0 Å². The number of hydrogen-bond donors (Lipinski definition) is 1. The molecular weight excluding hydrogens is 147 g/mol. The van der Waals surface area contributed by atoms with Crippen molar-refractivity contribution >= 4 is 0 Å². The summed E-state index contributed by atoms with van der Waals surface area (Å²) in [5.74, 6) is 0. The minimum atomic E-state index is -0.934. The fourth-order valence-electron chi connectivity index (χ4n) is 0.718. The van der Waals surface area contributed by atoms with E-state index >= 15 is 0 Å². The van der Waals surface area contributed by atoms with Crippen LogP contribution in [0.2, 0.25) is 0 Å². The summed E-state index contributed by atoms with van der Waals surface area (Å²) in [7, 11) is 0.